The van der Waals surface area contributed by atoms with Crippen LogP contribution in [0.5, 0.6) is 5.75 Å². The SMILES string of the molecule is N#Cc1ccc(-c2cc(Cl)c3ccc(O)cc3n2)o1. The molecule has 0 atom stereocenters. The zero-order chi connectivity index (χ0) is 13.4. The summed E-state index contributed by atoms with van der Waals surface area (Å²) in [5.74, 6) is 0.790. The second-order valence-corrected chi connectivity index (χ2v) is 4.37. The number of nitrogens with zero attached hydrogens (tertiary/aromatic N) is 2. The third-order valence-corrected chi connectivity index (χ3v) is 3.02. The normalized spacial score (nSPS) is 10.5. The second kappa shape index (κ2) is 4.30. The highest BCUT2D eigenvalue weighted by molar-refractivity contribution is 6.35. The van der Waals surface area contributed by atoms with Crippen LogP contribution in [0.3, 0.4) is 0 Å². The molecule has 0 bridgehead atoms. The molecule has 2 heterocycles. The minimum absolute atomic E-state index is 0.116. The van der Waals surface area contributed by atoms with Crippen LogP contribution >= 0.6 is 11.6 Å². The van der Waals surface area contributed by atoms with Gasteiger partial charge in [0, 0.05) is 11.5 Å². The summed E-state index contributed by atoms with van der Waals surface area (Å²) in [7, 11) is 0. The van der Waals surface area contributed by atoms with Gasteiger partial charge < -0.3 is 9.52 Å². The number of aromatic nitrogens is 1. The lowest BCUT2D eigenvalue weighted by Gasteiger charge is -2.03. The average Bonchev–Trinajstić information content (AvgIpc) is 2.86. The molecule has 0 fully saturated rings. The van der Waals surface area contributed by atoms with Gasteiger partial charge >= 0.3 is 0 Å². The molecule has 0 unspecified atom stereocenters. The number of benzene rings is 1. The lowest BCUT2D eigenvalue weighted by Crippen LogP contribution is -1.85. The molecule has 0 aliphatic heterocycles. The average molecular weight is 271 g/mol. The maximum Gasteiger partial charge on any atom is 0.204 e. The molecule has 1 N–H and O–H groups in total. The van der Waals surface area contributed by atoms with Crippen LogP contribution in [-0.4, -0.2) is 10.1 Å². The van der Waals surface area contributed by atoms with Crippen molar-refractivity contribution in [1.29, 1.82) is 5.26 Å². The lowest BCUT2D eigenvalue weighted by molar-refractivity contribution is 0.476. The van der Waals surface area contributed by atoms with E-state index in [2.05, 4.69) is 4.98 Å². The van der Waals surface area contributed by atoms with E-state index in [-0.39, 0.29) is 11.5 Å². The van der Waals surface area contributed by atoms with Crippen LogP contribution in [-0.2, 0) is 0 Å². The fourth-order valence-electron chi connectivity index (χ4n) is 1.84. The quantitative estimate of drug-likeness (QED) is 0.731. The Morgan fingerprint density at radius 2 is 2.05 bits per heavy atom. The van der Waals surface area contributed by atoms with Crippen molar-refractivity contribution in [2.75, 3.05) is 0 Å². The monoisotopic (exact) mass is 270 g/mol. The molecule has 0 saturated heterocycles. The van der Waals surface area contributed by atoms with Gasteiger partial charge in [-0.25, -0.2) is 4.98 Å². The number of phenols is 1. The van der Waals surface area contributed by atoms with Gasteiger partial charge in [-0.3, -0.25) is 0 Å². The molecule has 0 aliphatic carbocycles. The summed E-state index contributed by atoms with van der Waals surface area (Å²) < 4.78 is 5.31. The van der Waals surface area contributed by atoms with E-state index >= 15 is 0 Å². The van der Waals surface area contributed by atoms with Gasteiger partial charge in [0.15, 0.2) is 5.76 Å². The Bertz CT molecular complexity index is 818. The standard InChI is InChI=1S/C14H7ClN2O2/c15-11-6-13(14-4-2-9(7-16)19-14)17-12-5-8(18)1-3-10(11)12/h1-6,18H. The minimum Gasteiger partial charge on any atom is -0.508 e. The Morgan fingerprint density at radius 1 is 1.21 bits per heavy atom. The smallest absolute Gasteiger partial charge is 0.204 e. The summed E-state index contributed by atoms with van der Waals surface area (Å²) in [5, 5.41) is 19.5. The number of halogens is 1. The van der Waals surface area contributed by atoms with Crippen LogP contribution in [0, 0.1) is 11.3 Å². The van der Waals surface area contributed by atoms with E-state index in [1.165, 1.54) is 6.07 Å². The zero-order valence-electron chi connectivity index (χ0n) is 9.59. The summed E-state index contributed by atoms with van der Waals surface area (Å²) in [4.78, 5) is 4.37. The number of rotatable bonds is 1. The number of phenolic OH excluding ortho intramolecular Hbond substituents is 1. The number of fused-ring (bicyclic) bond motifs is 1. The van der Waals surface area contributed by atoms with Gasteiger partial charge in [-0.2, -0.15) is 5.26 Å². The van der Waals surface area contributed by atoms with E-state index in [1.807, 2.05) is 6.07 Å². The van der Waals surface area contributed by atoms with Crippen molar-refractivity contribution in [3.05, 3.63) is 47.2 Å². The molecule has 4 nitrogen and oxygen atoms in total. The van der Waals surface area contributed by atoms with Gasteiger partial charge in [0.2, 0.25) is 5.76 Å². The fourth-order valence-corrected chi connectivity index (χ4v) is 2.10. The highest BCUT2D eigenvalue weighted by Crippen LogP contribution is 2.30. The molecule has 3 rings (SSSR count). The zero-order valence-corrected chi connectivity index (χ0v) is 10.3. The van der Waals surface area contributed by atoms with Crippen LogP contribution in [0.1, 0.15) is 5.76 Å². The Labute approximate surface area is 113 Å². The van der Waals surface area contributed by atoms with Crippen molar-refractivity contribution in [2.24, 2.45) is 0 Å². The first kappa shape index (κ1) is 11.6. The first-order valence-electron chi connectivity index (χ1n) is 5.47. The summed E-state index contributed by atoms with van der Waals surface area (Å²) in [6, 6.07) is 11.6. The van der Waals surface area contributed by atoms with Crippen molar-refractivity contribution in [3.63, 3.8) is 0 Å². The van der Waals surface area contributed by atoms with Gasteiger partial charge in [0.05, 0.1) is 10.5 Å². The van der Waals surface area contributed by atoms with Crippen LogP contribution in [0.4, 0.5) is 0 Å². The van der Waals surface area contributed by atoms with Gasteiger partial charge in [0.25, 0.3) is 0 Å². The third kappa shape index (κ3) is 2.01. The molecule has 0 spiro atoms. The fraction of sp³-hybridized carbons (Fsp3) is 0. The first-order valence-corrected chi connectivity index (χ1v) is 5.85. The number of hydrogen-bond acceptors (Lipinski definition) is 4. The first-order chi connectivity index (χ1) is 9.17. The molecule has 19 heavy (non-hydrogen) atoms. The molecule has 0 saturated carbocycles. The minimum atomic E-state index is 0.116. The van der Waals surface area contributed by atoms with Gasteiger partial charge in [-0.05, 0) is 30.3 Å². The van der Waals surface area contributed by atoms with Crippen molar-refractivity contribution in [1.82, 2.24) is 4.98 Å². The van der Waals surface area contributed by atoms with E-state index in [1.54, 1.807) is 30.3 Å². The van der Waals surface area contributed by atoms with Crippen molar-refractivity contribution in [3.8, 4) is 23.3 Å². The molecular formula is C14H7ClN2O2. The number of pyridine rings is 1. The van der Waals surface area contributed by atoms with Crippen LogP contribution < -0.4 is 0 Å². The van der Waals surface area contributed by atoms with E-state index in [0.29, 0.717) is 22.0 Å². The third-order valence-electron chi connectivity index (χ3n) is 2.71. The molecule has 5 heteroatoms. The highest BCUT2D eigenvalue weighted by Gasteiger charge is 2.10. The molecule has 0 radical (unpaired) electrons. The van der Waals surface area contributed by atoms with Gasteiger partial charge in [0.1, 0.15) is 17.5 Å². The second-order valence-electron chi connectivity index (χ2n) is 3.97. The number of furan rings is 1. The molecule has 0 amide bonds. The Balaban J connectivity index is 2.22. The van der Waals surface area contributed by atoms with E-state index in [9.17, 15) is 5.11 Å². The maximum absolute atomic E-state index is 9.48. The van der Waals surface area contributed by atoms with Crippen molar-refractivity contribution < 1.29 is 9.52 Å². The van der Waals surface area contributed by atoms with E-state index in [0.717, 1.165) is 5.39 Å². The highest BCUT2D eigenvalue weighted by atomic mass is 35.5. The molecule has 3 aromatic rings. The maximum atomic E-state index is 9.48. The topological polar surface area (TPSA) is 70.0 Å². The predicted molar refractivity (Wildman–Crippen MR) is 70.8 cm³/mol. The lowest BCUT2D eigenvalue weighted by atomic mass is 10.2. The Kier molecular flexibility index (Phi) is 2.62. The molecule has 92 valence electrons. The van der Waals surface area contributed by atoms with E-state index in [4.69, 9.17) is 21.3 Å². The van der Waals surface area contributed by atoms with Crippen molar-refractivity contribution >= 4 is 22.5 Å². The van der Waals surface area contributed by atoms with Crippen LogP contribution in [0.25, 0.3) is 22.4 Å². The van der Waals surface area contributed by atoms with Crippen LogP contribution in [0.2, 0.25) is 5.02 Å². The molecular weight excluding hydrogens is 264 g/mol. The Hall–Kier alpha value is -2.51. The number of hydrogen-bond donors (Lipinski definition) is 1. The molecule has 0 aliphatic rings. The molecule has 1 aromatic carbocycles. The largest absolute Gasteiger partial charge is 0.508 e. The summed E-state index contributed by atoms with van der Waals surface area (Å²) in [6.07, 6.45) is 0. The number of aromatic hydroxyl groups is 1. The van der Waals surface area contributed by atoms with Gasteiger partial charge in [-0.15, -0.1) is 0 Å². The number of nitriles is 1. The van der Waals surface area contributed by atoms with Gasteiger partial charge in [-0.1, -0.05) is 11.6 Å². The predicted octanol–water partition coefficient (Wildman–Crippen LogP) is 3.73. The van der Waals surface area contributed by atoms with Crippen molar-refractivity contribution in [2.45, 2.75) is 0 Å². The summed E-state index contributed by atoms with van der Waals surface area (Å²) in [6.45, 7) is 0. The van der Waals surface area contributed by atoms with E-state index < -0.39 is 0 Å². The molecule has 2 aromatic heterocycles. The Morgan fingerprint density at radius 3 is 2.79 bits per heavy atom. The summed E-state index contributed by atoms with van der Waals surface area (Å²) >= 11 is 6.18. The van der Waals surface area contributed by atoms with Crippen LogP contribution in [0.15, 0.2) is 40.8 Å². The summed E-state index contributed by atoms with van der Waals surface area (Å²) in [5.41, 5.74) is 1.09.